The van der Waals surface area contributed by atoms with Gasteiger partial charge in [0.15, 0.2) is 19.0 Å². The van der Waals surface area contributed by atoms with Crippen LogP contribution in [0.5, 0.6) is 5.75 Å². The van der Waals surface area contributed by atoms with Gasteiger partial charge in [0.25, 0.3) is 0 Å². The van der Waals surface area contributed by atoms with Crippen LogP contribution in [0.25, 0.3) is 10.8 Å². The number of thioether (sulfide) groups is 1. The van der Waals surface area contributed by atoms with Crippen molar-refractivity contribution in [3.05, 3.63) is 66.2 Å². The van der Waals surface area contributed by atoms with Crippen LogP contribution in [-0.4, -0.2) is 37.1 Å². The molecule has 7 heteroatoms. The maximum Gasteiger partial charge on any atom is 0.344 e. The average molecular weight is 423 g/mol. The number of hydrogen-bond donors (Lipinski definition) is 1. The Morgan fingerprint density at radius 2 is 1.70 bits per heavy atom. The Balaban J connectivity index is 1.54. The second-order valence-electron chi connectivity index (χ2n) is 6.48. The van der Waals surface area contributed by atoms with Crippen LogP contribution in [0, 0.1) is 0 Å². The van der Waals surface area contributed by atoms with E-state index >= 15 is 0 Å². The molecular weight excluding hydrogens is 402 g/mol. The van der Waals surface area contributed by atoms with E-state index in [0.29, 0.717) is 17.0 Å². The predicted octanol–water partition coefficient (Wildman–Crippen LogP) is 4.33. The van der Waals surface area contributed by atoms with Gasteiger partial charge in [0.2, 0.25) is 5.91 Å². The number of rotatable bonds is 8. The van der Waals surface area contributed by atoms with Gasteiger partial charge in [-0.2, -0.15) is 0 Å². The number of hydrogen-bond acceptors (Lipinski definition) is 6. The Hall–Kier alpha value is -3.32. The number of esters is 1. The molecule has 0 aromatic heterocycles. The summed E-state index contributed by atoms with van der Waals surface area (Å²) in [5.41, 5.74) is 0.895. The van der Waals surface area contributed by atoms with Gasteiger partial charge in [-0.1, -0.05) is 36.4 Å². The van der Waals surface area contributed by atoms with E-state index in [0.717, 1.165) is 15.7 Å². The van der Waals surface area contributed by atoms with E-state index < -0.39 is 12.6 Å². The molecule has 1 N–H and O–H groups in total. The van der Waals surface area contributed by atoms with E-state index in [9.17, 15) is 14.4 Å². The van der Waals surface area contributed by atoms with Crippen molar-refractivity contribution in [3.8, 4) is 5.75 Å². The van der Waals surface area contributed by atoms with Gasteiger partial charge >= 0.3 is 5.97 Å². The van der Waals surface area contributed by atoms with Gasteiger partial charge in [-0.25, -0.2) is 4.79 Å². The van der Waals surface area contributed by atoms with Crippen molar-refractivity contribution < 1.29 is 23.9 Å². The molecule has 0 aliphatic rings. The summed E-state index contributed by atoms with van der Waals surface area (Å²) in [4.78, 5) is 36.5. The molecule has 0 radical (unpaired) electrons. The maximum atomic E-state index is 12.4. The van der Waals surface area contributed by atoms with Crippen LogP contribution in [0.4, 0.5) is 5.69 Å². The molecule has 0 fully saturated rings. The minimum absolute atomic E-state index is 0.229. The van der Waals surface area contributed by atoms with E-state index in [-0.39, 0.29) is 18.3 Å². The largest absolute Gasteiger partial charge is 0.482 e. The van der Waals surface area contributed by atoms with Crippen LogP contribution < -0.4 is 10.1 Å². The molecule has 3 aromatic carbocycles. The van der Waals surface area contributed by atoms with Gasteiger partial charge in [-0.05, 0) is 41.3 Å². The second-order valence-corrected chi connectivity index (χ2v) is 7.33. The van der Waals surface area contributed by atoms with Gasteiger partial charge < -0.3 is 14.8 Å². The first-order valence-electron chi connectivity index (χ1n) is 9.22. The highest BCUT2D eigenvalue weighted by Gasteiger charge is 2.13. The molecule has 3 rings (SSSR count). The van der Waals surface area contributed by atoms with Crippen molar-refractivity contribution in [2.75, 3.05) is 24.8 Å². The highest BCUT2D eigenvalue weighted by atomic mass is 32.2. The SMILES string of the molecule is CSc1ccc(C(=O)COC(=O)COc2ccc3ccccc3c2)cc1NC(C)=O. The fraction of sp³-hybridized carbons (Fsp3) is 0.174. The quantitative estimate of drug-likeness (QED) is 0.330. The molecule has 0 saturated carbocycles. The number of carbonyl (C=O) groups is 3. The zero-order valence-corrected chi connectivity index (χ0v) is 17.5. The van der Waals surface area contributed by atoms with Crippen LogP contribution in [-0.2, 0) is 14.3 Å². The van der Waals surface area contributed by atoms with Gasteiger partial charge in [-0.3, -0.25) is 9.59 Å². The third-order valence-electron chi connectivity index (χ3n) is 4.27. The van der Waals surface area contributed by atoms with Crippen LogP contribution >= 0.6 is 11.8 Å². The van der Waals surface area contributed by atoms with Crippen molar-refractivity contribution in [1.82, 2.24) is 0 Å². The molecule has 0 unspecified atom stereocenters. The first-order valence-corrected chi connectivity index (χ1v) is 10.4. The summed E-state index contributed by atoms with van der Waals surface area (Å²) in [5.74, 6) is -0.690. The fourth-order valence-corrected chi connectivity index (χ4v) is 3.37. The zero-order chi connectivity index (χ0) is 21.5. The lowest BCUT2D eigenvalue weighted by Crippen LogP contribution is -2.19. The smallest absolute Gasteiger partial charge is 0.344 e. The molecule has 0 aliphatic carbocycles. The van der Waals surface area contributed by atoms with E-state index in [4.69, 9.17) is 9.47 Å². The topological polar surface area (TPSA) is 81.7 Å². The normalized spacial score (nSPS) is 10.5. The first-order chi connectivity index (χ1) is 14.5. The molecule has 0 aliphatic heterocycles. The zero-order valence-electron chi connectivity index (χ0n) is 16.6. The summed E-state index contributed by atoms with van der Waals surface area (Å²) >= 11 is 1.45. The van der Waals surface area contributed by atoms with Crippen molar-refractivity contribution in [3.63, 3.8) is 0 Å². The van der Waals surface area contributed by atoms with Crippen LogP contribution in [0.3, 0.4) is 0 Å². The molecule has 0 atom stereocenters. The monoisotopic (exact) mass is 423 g/mol. The Kier molecular flexibility index (Phi) is 7.08. The molecule has 30 heavy (non-hydrogen) atoms. The highest BCUT2D eigenvalue weighted by molar-refractivity contribution is 7.98. The molecule has 3 aromatic rings. The number of anilines is 1. The molecule has 154 valence electrons. The predicted molar refractivity (Wildman–Crippen MR) is 117 cm³/mol. The third-order valence-corrected chi connectivity index (χ3v) is 5.07. The van der Waals surface area contributed by atoms with Crippen LogP contribution in [0.15, 0.2) is 65.6 Å². The summed E-state index contributed by atoms with van der Waals surface area (Å²) in [6.07, 6.45) is 1.87. The lowest BCUT2D eigenvalue weighted by molar-refractivity contribution is -0.144. The Bertz CT molecular complexity index is 1100. The number of amides is 1. The Labute approximate surface area is 178 Å². The number of benzene rings is 3. The van der Waals surface area contributed by atoms with Gasteiger partial charge in [-0.15, -0.1) is 11.8 Å². The summed E-state index contributed by atoms with van der Waals surface area (Å²) in [7, 11) is 0. The first kappa shape index (κ1) is 21.4. The third kappa shape index (κ3) is 5.61. The number of ketones is 1. The summed E-state index contributed by atoms with van der Waals surface area (Å²) < 4.78 is 10.5. The number of carbonyl (C=O) groups excluding carboxylic acids is 3. The van der Waals surface area contributed by atoms with Crippen molar-refractivity contribution in [1.29, 1.82) is 0 Å². The standard InChI is InChI=1S/C23H21NO5S/c1-15(25)24-20-12-18(8-10-22(20)30-2)21(26)13-29-23(27)14-28-19-9-7-16-5-3-4-6-17(16)11-19/h3-12H,13-14H2,1-2H3,(H,24,25). The van der Waals surface area contributed by atoms with E-state index in [1.807, 2.05) is 42.7 Å². The fourth-order valence-electron chi connectivity index (χ4n) is 2.84. The Morgan fingerprint density at radius 3 is 2.43 bits per heavy atom. The van der Waals surface area contributed by atoms with E-state index in [1.165, 1.54) is 18.7 Å². The summed E-state index contributed by atoms with van der Waals surface area (Å²) in [6, 6.07) is 18.3. The van der Waals surface area contributed by atoms with E-state index in [1.54, 1.807) is 24.3 Å². The summed E-state index contributed by atoms with van der Waals surface area (Å²) in [5, 5.41) is 4.77. The van der Waals surface area contributed by atoms with Crippen LogP contribution in [0.2, 0.25) is 0 Å². The van der Waals surface area contributed by atoms with Gasteiger partial charge in [0, 0.05) is 17.4 Å². The molecule has 6 nitrogen and oxygen atoms in total. The second kappa shape index (κ2) is 9.93. The Morgan fingerprint density at radius 1 is 0.933 bits per heavy atom. The molecule has 0 bridgehead atoms. The molecule has 1 amide bonds. The summed E-state index contributed by atoms with van der Waals surface area (Å²) in [6.45, 7) is 0.697. The van der Waals surface area contributed by atoms with Crippen molar-refractivity contribution in [2.24, 2.45) is 0 Å². The van der Waals surface area contributed by atoms with Gasteiger partial charge in [0.1, 0.15) is 5.75 Å². The van der Waals surface area contributed by atoms with Crippen LogP contribution in [0.1, 0.15) is 17.3 Å². The average Bonchev–Trinajstić information content (AvgIpc) is 2.75. The number of nitrogens with one attached hydrogen (secondary N) is 1. The van der Waals surface area contributed by atoms with Crippen molar-refractivity contribution in [2.45, 2.75) is 11.8 Å². The maximum absolute atomic E-state index is 12.4. The minimum atomic E-state index is -0.640. The lowest BCUT2D eigenvalue weighted by Gasteiger charge is -2.11. The number of Topliss-reactive ketones (excluding diaryl/α,β-unsaturated/α-hetero) is 1. The molecule has 0 heterocycles. The molecule has 0 spiro atoms. The molecule has 0 saturated heterocycles. The number of fused-ring (bicyclic) bond motifs is 1. The van der Waals surface area contributed by atoms with Gasteiger partial charge in [0.05, 0.1) is 5.69 Å². The minimum Gasteiger partial charge on any atom is -0.482 e. The lowest BCUT2D eigenvalue weighted by atomic mass is 10.1. The number of ether oxygens (including phenoxy) is 2. The van der Waals surface area contributed by atoms with E-state index in [2.05, 4.69) is 5.32 Å². The highest BCUT2D eigenvalue weighted by Crippen LogP contribution is 2.27. The van der Waals surface area contributed by atoms with Crippen molar-refractivity contribution >= 4 is 45.9 Å². The molecular formula is C23H21NO5S.